The molecule has 4 N–H and O–H groups in total. The first kappa shape index (κ1) is 16.2. The maximum Gasteiger partial charge on any atom is 0.286 e. The van der Waals surface area contributed by atoms with Crippen LogP contribution < -0.4 is 16.4 Å². The van der Waals surface area contributed by atoms with Crippen LogP contribution in [-0.4, -0.2) is 37.9 Å². The number of hydrogen-bond acceptors (Lipinski definition) is 5. The number of amides is 1. The second-order valence-corrected chi connectivity index (χ2v) is 5.17. The molecule has 0 bridgehead atoms. The van der Waals surface area contributed by atoms with E-state index in [9.17, 15) is 9.59 Å². The van der Waals surface area contributed by atoms with Gasteiger partial charge in [0.15, 0.2) is 11.4 Å². The van der Waals surface area contributed by atoms with Gasteiger partial charge in [0.2, 0.25) is 5.78 Å². The maximum absolute atomic E-state index is 12.2. The molecule has 0 spiro atoms. The van der Waals surface area contributed by atoms with Gasteiger partial charge in [-0.15, -0.1) is 0 Å². The van der Waals surface area contributed by atoms with E-state index in [4.69, 9.17) is 10.5 Å². The first-order chi connectivity index (χ1) is 10.6. The van der Waals surface area contributed by atoms with E-state index in [1.807, 2.05) is 30.3 Å². The van der Waals surface area contributed by atoms with Crippen molar-refractivity contribution in [3.05, 3.63) is 47.7 Å². The Morgan fingerprint density at radius 2 is 1.95 bits per heavy atom. The first-order valence-electron chi connectivity index (χ1n) is 7.27. The summed E-state index contributed by atoms with van der Waals surface area (Å²) < 4.78 is 5.65. The van der Waals surface area contributed by atoms with Gasteiger partial charge >= 0.3 is 0 Å². The first-order valence-corrected chi connectivity index (χ1v) is 7.27. The molecule has 1 atom stereocenters. The van der Waals surface area contributed by atoms with Crippen LogP contribution in [0.4, 0.5) is 0 Å². The van der Waals surface area contributed by atoms with Crippen LogP contribution in [0.5, 0.6) is 0 Å². The summed E-state index contributed by atoms with van der Waals surface area (Å²) in [5.74, 6) is -0.567. The zero-order chi connectivity index (χ0) is 16.0. The maximum atomic E-state index is 12.2. The molecule has 0 saturated heterocycles. The van der Waals surface area contributed by atoms with Crippen LogP contribution in [0.2, 0.25) is 0 Å². The van der Waals surface area contributed by atoms with Crippen molar-refractivity contribution in [1.82, 2.24) is 10.6 Å². The Bertz CT molecular complexity index is 571. The largest absolute Gasteiger partial charge is 0.469 e. The quantitative estimate of drug-likeness (QED) is 0.619. The van der Waals surface area contributed by atoms with Crippen LogP contribution in [-0.2, 0) is 19.9 Å². The molecule has 1 aliphatic heterocycles. The minimum absolute atomic E-state index is 0.0511. The summed E-state index contributed by atoms with van der Waals surface area (Å²) in [6, 6.07) is 9.14. The molecule has 6 heteroatoms. The number of nitrogens with one attached hydrogen (secondary N) is 2. The van der Waals surface area contributed by atoms with Crippen LogP contribution >= 0.6 is 0 Å². The number of carbonyl (C=O) groups excluding carboxylic acids is 2. The zero-order valence-corrected chi connectivity index (χ0v) is 12.6. The summed E-state index contributed by atoms with van der Waals surface area (Å²) in [6.07, 6.45) is 1.26. The number of ether oxygens (including phenoxy) is 1. The molecule has 2 rings (SSSR count). The van der Waals surface area contributed by atoms with E-state index in [1.165, 1.54) is 6.08 Å². The van der Waals surface area contributed by atoms with Gasteiger partial charge in [-0.25, -0.2) is 0 Å². The standard InChI is InChI=1S/C16H21N3O3/c1-16(12-5-3-2-4-6-12)14(20)11-13(22-16)15(21)19-10-9-18-8-7-17/h2-6,11,18H,7-10,17H2,1H3,(H,19,21). The van der Waals surface area contributed by atoms with Gasteiger partial charge in [0, 0.05) is 37.8 Å². The molecule has 1 unspecified atom stereocenters. The smallest absolute Gasteiger partial charge is 0.286 e. The second kappa shape index (κ2) is 7.20. The third-order valence-electron chi connectivity index (χ3n) is 3.50. The molecule has 6 nitrogen and oxygen atoms in total. The molecule has 1 aromatic rings. The summed E-state index contributed by atoms with van der Waals surface area (Å²) in [5, 5.41) is 5.77. The highest BCUT2D eigenvalue weighted by Gasteiger charge is 2.43. The van der Waals surface area contributed by atoms with Gasteiger partial charge in [0.25, 0.3) is 5.91 Å². The molecule has 1 aliphatic rings. The molecule has 0 aromatic heterocycles. The SMILES string of the molecule is CC1(c2ccccc2)OC(C(=O)NCCNCCN)=CC1=O. The van der Waals surface area contributed by atoms with Gasteiger partial charge in [0.05, 0.1) is 0 Å². The zero-order valence-electron chi connectivity index (χ0n) is 12.6. The molecule has 22 heavy (non-hydrogen) atoms. The van der Waals surface area contributed by atoms with Gasteiger partial charge in [0.1, 0.15) is 0 Å². The fourth-order valence-corrected chi connectivity index (χ4v) is 2.20. The van der Waals surface area contributed by atoms with E-state index < -0.39 is 5.60 Å². The lowest BCUT2D eigenvalue weighted by Gasteiger charge is -2.24. The molecule has 1 amide bonds. The van der Waals surface area contributed by atoms with Crippen LogP contribution in [0.3, 0.4) is 0 Å². The lowest BCUT2D eigenvalue weighted by atomic mass is 9.92. The van der Waals surface area contributed by atoms with E-state index in [0.29, 0.717) is 26.2 Å². The fourth-order valence-electron chi connectivity index (χ4n) is 2.20. The van der Waals surface area contributed by atoms with Crippen molar-refractivity contribution in [1.29, 1.82) is 0 Å². The van der Waals surface area contributed by atoms with Crippen molar-refractivity contribution in [2.24, 2.45) is 5.73 Å². The third kappa shape index (κ3) is 3.52. The Balaban J connectivity index is 1.93. The van der Waals surface area contributed by atoms with E-state index in [1.54, 1.807) is 6.92 Å². The normalized spacial score (nSPS) is 20.5. The highest BCUT2D eigenvalue weighted by Crippen LogP contribution is 2.34. The molecule has 1 heterocycles. The lowest BCUT2D eigenvalue weighted by Crippen LogP contribution is -2.35. The topological polar surface area (TPSA) is 93.4 Å². The second-order valence-electron chi connectivity index (χ2n) is 5.17. The minimum atomic E-state index is -1.13. The van der Waals surface area contributed by atoms with Gasteiger partial charge in [-0.3, -0.25) is 9.59 Å². The predicted molar refractivity (Wildman–Crippen MR) is 82.9 cm³/mol. The van der Waals surface area contributed by atoms with Crippen LogP contribution in [0.1, 0.15) is 12.5 Å². The van der Waals surface area contributed by atoms with Gasteiger partial charge in [-0.05, 0) is 6.92 Å². The van der Waals surface area contributed by atoms with Crippen molar-refractivity contribution >= 4 is 11.7 Å². The molecule has 0 saturated carbocycles. The van der Waals surface area contributed by atoms with Crippen molar-refractivity contribution in [3.63, 3.8) is 0 Å². The number of nitrogens with two attached hydrogens (primary N) is 1. The number of rotatable bonds is 7. The van der Waals surface area contributed by atoms with E-state index >= 15 is 0 Å². The monoisotopic (exact) mass is 303 g/mol. The van der Waals surface area contributed by atoms with Gasteiger partial charge in [-0.1, -0.05) is 30.3 Å². The third-order valence-corrected chi connectivity index (χ3v) is 3.50. The summed E-state index contributed by atoms with van der Waals surface area (Å²) in [4.78, 5) is 24.3. The average Bonchev–Trinajstić information content (AvgIpc) is 2.85. The van der Waals surface area contributed by atoms with Crippen molar-refractivity contribution in [3.8, 4) is 0 Å². The number of ketones is 1. The Morgan fingerprint density at radius 1 is 1.23 bits per heavy atom. The summed E-state index contributed by atoms with van der Waals surface area (Å²) in [7, 11) is 0. The van der Waals surface area contributed by atoms with Gasteiger partial charge in [-0.2, -0.15) is 0 Å². The van der Waals surface area contributed by atoms with E-state index in [0.717, 1.165) is 5.56 Å². The lowest BCUT2D eigenvalue weighted by molar-refractivity contribution is -0.132. The van der Waals surface area contributed by atoms with Crippen LogP contribution in [0, 0.1) is 0 Å². The fraction of sp³-hybridized carbons (Fsp3) is 0.375. The number of benzene rings is 1. The van der Waals surface area contributed by atoms with Crippen molar-refractivity contribution < 1.29 is 14.3 Å². The van der Waals surface area contributed by atoms with E-state index in [-0.39, 0.29) is 17.4 Å². The Kier molecular flexibility index (Phi) is 5.30. The Labute approximate surface area is 129 Å². The highest BCUT2D eigenvalue weighted by atomic mass is 16.5. The molecule has 0 radical (unpaired) electrons. The van der Waals surface area contributed by atoms with Crippen LogP contribution in [0.25, 0.3) is 0 Å². The number of carbonyl (C=O) groups is 2. The highest BCUT2D eigenvalue weighted by molar-refractivity contribution is 6.07. The Hall–Kier alpha value is -2.18. The summed E-state index contributed by atoms with van der Waals surface area (Å²) in [6.45, 7) is 3.96. The summed E-state index contributed by atoms with van der Waals surface area (Å²) in [5.41, 5.74) is 4.95. The van der Waals surface area contributed by atoms with Gasteiger partial charge < -0.3 is 21.1 Å². The molecule has 0 aliphatic carbocycles. The predicted octanol–water partition coefficient (Wildman–Crippen LogP) is 0.0495. The Morgan fingerprint density at radius 3 is 2.64 bits per heavy atom. The van der Waals surface area contributed by atoms with Crippen molar-refractivity contribution in [2.45, 2.75) is 12.5 Å². The molecular formula is C16H21N3O3. The molecule has 118 valence electrons. The molecule has 0 fully saturated rings. The molecular weight excluding hydrogens is 282 g/mol. The van der Waals surface area contributed by atoms with Crippen LogP contribution in [0.15, 0.2) is 42.2 Å². The average molecular weight is 303 g/mol. The van der Waals surface area contributed by atoms with Crippen molar-refractivity contribution in [2.75, 3.05) is 26.2 Å². The minimum Gasteiger partial charge on any atom is -0.469 e. The summed E-state index contributed by atoms with van der Waals surface area (Å²) >= 11 is 0. The number of hydrogen-bond donors (Lipinski definition) is 3. The molecule has 1 aromatic carbocycles. The van der Waals surface area contributed by atoms with E-state index in [2.05, 4.69) is 10.6 Å².